The number of ether oxygens (including phenoxy) is 1. The summed E-state index contributed by atoms with van der Waals surface area (Å²) in [6.07, 6.45) is 0.930. The van der Waals surface area contributed by atoms with Crippen LogP contribution in [-0.2, 0) is 0 Å². The summed E-state index contributed by atoms with van der Waals surface area (Å²) >= 11 is 0. The topological polar surface area (TPSA) is 75.8 Å². The SMILES string of the molecule is NC(=O)N(O)CC1CC1c1cccc(Oc2ccccc2)c1.[H-].[K+]. The third kappa shape index (κ3) is 5.04. The molecule has 1 saturated carbocycles. The summed E-state index contributed by atoms with van der Waals surface area (Å²) in [5.74, 6) is 2.14. The zero-order valence-electron chi connectivity index (χ0n) is 14.1. The molecule has 0 radical (unpaired) electrons. The fourth-order valence-corrected chi connectivity index (χ4v) is 2.60. The minimum atomic E-state index is -0.813. The Balaban J connectivity index is 0.00000144. The first-order chi connectivity index (χ1) is 10.6. The van der Waals surface area contributed by atoms with E-state index in [1.54, 1.807) is 0 Å². The van der Waals surface area contributed by atoms with Crippen molar-refractivity contribution in [3.8, 4) is 11.5 Å². The normalized spacial score (nSPS) is 18.7. The molecule has 1 fully saturated rings. The number of rotatable bonds is 5. The van der Waals surface area contributed by atoms with Gasteiger partial charge < -0.3 is 11.9 Å². The van der Waals surface area contributed by atoms with Crippen molar-refractivity contribution < 1.29 is 67.5 Å². The van der Waals surface area contributed by atoms with Gasteiger partial charge in [0.2, 0.25) is 0 Å². The third-order valence-corrected chi connectivity index (χ3v) is 3.85. The molecule has 3 N–H and O–H groups in total. The Hall–Kier alpha value is -0.894. The van der Waals surface area contributed by atoms with Gasteiger partial charge in [-0.2, -0.15) is 0 Å². The van der Waals surface area contributed by atoms with Crippen molar-refractivity contribution >= 4 is 6.03 Å². The number of hydrogen-bond donors (Lipinski definition) is 2. The maximum Gasteiger partial charge on any atom is 1.00 e. The molecule has 2 amide bonds. The first-order valence-corrected chi connectivity index (χ1v) is 7.22. The molecule has 0 heterocycles. The van der Waals surface area contributed by atoms with Gasteiger partial charge in [0, 0.05) is 0 Å². The quantitative estimate of drug-likeness (QED) is 0.473. The molecular weight excluding hydrogens is 319 g/mol. The van der Waals surface area contributed by atoms with Crippen LogP contribution in [0.4, 0.5) is 4.79 Å². The van der Waals surface area contributed by atoms with Crippen molar-refractivity contribution in [1.82, 2.24) is 5.06 Å². The Morgan fingerprint density at radius 2 is 1.91 bits per heavy atom. The molecule has 0 spiro atoms. The van der Waals surface area contributed by atoms with Gasteiger partial charge in [-0.25, -0.2) is 9.86 Å². The molecule has 0 bridgehead atoms. The number of nitrogens with zero attached hydrogens (tertiary/aromatic N) is 1. The van der Waals surface area contributed by atoms with Crippen LogP contribution in [0.1, 0.15) is 19.3 Å². The van der Waals surface area contributed by atoms with Crippen LogP contribution in [0.25, 0.3) is 0 Å². The van der Waals surface area contributed by atoms with Crippen molar-refractivity contribution in [2.45, 2.75) is 12.3 Å². The molecule has 1 aliphatic carbocycles. The van der Waals surface area contributed by atoms with E-state index in [4.69, 9.17) is 10.5 Å². The summed E-state index contributed by atoms with van der Waals surface area (Å²) in [6.45, 7) is 0.268. The standard InChI is InChI=1S/C17H18N2O3.K.H/c18-17(20)19(21)11-13-10-16(13)12-5-4-8-15(9-12)22-14-6-2-1-3-7-14;;/h1-9,13,16,21H,10-11H2,(H2,18,20);;/q;+1;-1. The number of hydroxylamine groups is 2. The number of nitrogens with two attached hydrogens (primary N) is 1. The van der Waals surface area contributed by atoms with Crippen molar-refractivity contribution in [2.75, 3.05) is 6.54 Å². The van der Waals surface area contributed by atoms with Crippen molar-refractivity contribution in [1.29, 1.82) is 0 Å². The van der Waals surface area contributed by atoms with Crippen LogP contribution < -0.4 is 61.9 Å². The van der Waals surface area contributed by atoms with Crippen LogP contribution in [0.2, 0.25) is 0 Å². The minimum Gasteiger partial charge on any atom is -1.00 e. The Morgan fingerprint density at radius 1 is 1.22 bits per heavy atom. The molecule has 0 saturated heterocycles. The van der Waals surface area contributed by atoms with Crippen LogP contribution >= 0.6 is 0 Å². The summed E-state index contributed by atoms with van der Waals surface area (Å²) in [7, 11) is 0. The van der Waals surface area contributed by atoms with Gasteiger partial charge in [0.05, 0.1) is 6.54 Å². The Bertz CT molecular complexity index is 672. The first kappa shape index (κ1) is 18.4. The Labute approximate surface area is 179 Å². The number of primary amides is 1. The van der Waals surface area contributed by atoms with Gasteiger partial charge >= 0.3 is 57.4 Å². The number of carbonyl (C=O) groups excluding carboxylic acids is 1. The van der Waals surface area contributed by atoms with E-state index in [0.29, 0.717) is 11.0 Å². The van der Waals surface area contributed by atoms with Crippen molar-refractivity contribution in [2.24, 2.45) is 11.7 Å². The summed E-state index contributed by atoms with van der Waals surface area (Å²) in [5.41, 5.74) is 6.17. The number of para-hydroxylation sites is 1. The van der Waals surface area contributed by atoms with E-state index in [0.717, 1.165) is 23.5 Å². The summed E-state index contributed by atoms with van der Waals surface area (Å²) in [5, 5.41) is 9.96. The fraction of sp³-hybridized carbons (Fsp3) is 0.235. The molecule has 0 aliphatic heterocycles. The monoisotopic (exact) mass is 338 g/mol. The van der Waals surface area contributed by atoms with Gasteiger partial charge in [0.1, 0.15) is 11.5 Å². The van der Waals surface area contributed by atoms with Gasteiger partial charge in [-0.05, 0) is 48.1 Å². The maximum absolute atomic E-state index is 10.8. The molecule has 2 aromatic rings. The maximum atomic E-state index is 10.8. The molecule has 6 heteroatoms. The fourth-order valence-electron chi connectivity index (χ4n) is 2.60. The van der Waals surface area contributed by atoms with E-state index in [1.165, 1.54) is 0 Å². The van der Waals surface area contributed by atoms with Crippen LogP contribution in [0.5, 0.6) is 11.5 Å². The zero-order chi connectivity index (χ0) is 15.5. The van der Waals surface area contributed by atoms with E-state index >= 15 is 0 Å². The largest absolute Gasteiger partial charge is 1.00 e. The Kier molecular flexibility index (Phi) is 6.64. The number of hydrogen-bond acceptors (Lipinski definition) is 3. The molecule has 2 unspecified atom stereocenters. The second-order valence-electron chi connectivity index (χ2n) is 5.51. The first-order valence-electron chi connectivity index (χ1n) is 7.22. The third-order valence-electron chi connectivity index (χ3n) is 3.85. The van der Waals surface area contributed by atoms with Gasteiger partial charge in [-0.15, -0.1) is 0 Å². The average molecular weight is 338 g/mol. The number of carbonyl (C=O) groups is 1. The van der Waals surface area contributed by atoms with Gasteiger partial charge in [-0.1, -0.05) is 30.3 Å². The predicted octanol–water partition coefficient (Wildman–Crippen LogP) is 0.469. The molecule has 2 atom stereocenters. The molecule has 0 aromatic heterocycles. The molecule has 23 heavy (non-hydrogen) atoms. The van der Waals surface area contributed by atoms with Crippen LogP contribution in [0.15, 0.2) is 54.6 Å². The average Bonchev–Trinajstić information content (AvgIpc) is 3.28. The van der Waals surface area contributed by atoms with E-state index in [-0.39, 0.29) is 65.3 Å². The molecule has 2 aromatic carbocycles. The number of amides is 2. The van der Waals surface area contributed by atoms with Crippen molar-refractivity contribution in [3.63, 3.8) is 0 Å². The zero-order valence-corrected chi connectivity index (χ0v) is 16.2. The smallest absolute Gasteiger partial charge is 1.00 e. The second-order valence-corrected chi connectivity index (χ2v) is 5.51. The van der Waals surface area contributed by atoms with Crippen LogP contribution in [-0.4, -0.2) is 22.8 Å². The molecular formula is C17H19KN2O3. The summed E-state index contributed by atoms with van der Waals surface area (Å²) in [4.78, 5) is 10.8. The van der Waals surface area contributed by atoms with E-state index in [9.17, 15) is 10.0 Å². The van der Waals surface area contributed by atoms with Crippen LogP contribution in [0, 0.1) is 5.92 Å². The molecule has 1 aliphatic rings. The number of benzene rings is 2. The molecule has 5 nitrogen and oxygen atoms in total. The van der Waals surface area contributed by atoms with E-state index < -0.39 is 6.03 Å². The van der Waals surface area contributed by atoms with Gasteiger partial charge in [0.15, 0.2) is 0 Å². The van der Waals surface area contributed by atoms with Crippen LogP contribution in [0.3, 0.4) is 0 Å². The van der Waals surface area contributed by atoms with Gasteiger partial charge in [0.25, 0.3) is 0 Å². The predicted molar refractivity (Wildman–Crippen MR) is 83.0 cm³/mol. The summed E-state index contributed by atoms with van der Waals surface area (Å²) < 4.78 is 5.82. The van der Waals surface area contributed by atoms with E-state index in [2.05, 4.69) is 0 Å². The number of urea groups is 1. The second kappa shape index (κ2) is 8.28. The van der Waals surface area contributed by atoms with E-state index in [1.807, 2.05) is 54.6 Å². The molecule has 3 rings (SSSR count). The van der Waals surface area contributed by atoms with Crippen molar-refractivity contribution in [3.05, 3.63) is 60.2 Å². The summed E-state index contributed by atoms with van der Waals surface area (Å²) in [6, 6.07) is 16.7. The van der Waals surface area contributed by atoms with Gasteiger partial charge in [-0.3, -0.25) is 5.21 Å². The Morgan fingerprint density at radius 3 is 2.61 bits per heavy atom. The minimum absolute atomic E-state index is 0. The molecule has 116 valence electrons.